The van der Waals surface area contributed by atoms with Crippen LogP contribution in [0.5, 0.6) is 0 Å². The molecule has 0 radical (unpaired) electrons. The number of rotatable bonds is 10. The Labute approximate surface area is 465 Å². The average Bonchev–Trinajstić information content (AvgIpc) is 4.35. The molecule has 0 aliphatic rings. The zero-order valence-corrected chi connectivity index (χ0v) is 44.7. The van der Waals surface area contributed by atoms with E-state index in [1.165, 1.54) is 20.4 Å². The standard InChI is InChI=1S/C61H47N15O4S/c1-35(68-58(77)52-54(62)70-73-27-13-26-64-56(52)73)47-28-42-16-11-14-40(50(42)60(79)75(47)45-18-7-5-8-19-45)22-24-44-33-72(34-66-44)31-39-30-65-57-53(55(63)71-74(57)32-39)59(78)69-36(2)48-29-43-17-12-15-41(23-25-49-37(3)67-38(4)81-49)51(43)61(80)76(48)46-20-9-6-10-21-46/h5-21,26-30,32-36H,31H2,1-4H3,(H2,62,70)(H2,63,71)(H,68,77)(H,69,78)/t35-,36-/m0/s1. The van der Waals surface area contributed by atoms with Crippen molar-refractivity contribution >= 4 is 67.6 Å². The first kappa shape index (κ1) is 50.8. The maximum Gasteiger partial charge on any atom is 0.264 e. The number of nitrogens with two attached hydrogens (primary N) is 2. The number of pyridine rings is 2. The minimum absolute atomic E-state index is 0.0254. The van der Waals surface area contributed by atoms with Crippen LogP contribution in [-0.2, 0) is 6.54 Å². The minimum atomic E-state index is -0.689. The summed E-state index contributed by atoms with van der Waals surface area (Å²) in [5.41, 5.74) is 18.2. The van der Waals surface area contributed by atoms with E-state index in [2.05, 4.69) is 64.4 Å². The normalized spacial score (nSPS) is 12.0. The first-order valence-electron chi connectivity index (χ1n) is 25.6. The second kappa shape index (κ2) is 20.8. The van der Waals surface area contributed by atoms with Gasteiger partial charge in [0, 0.05) is 70.4 Å². The lowest BCUT2D eigenvalue weighted by Gasteiger charge is -2.21. The summed E-state index contributed by atoms with van der Waals surface area (Å²) in [5.74, 6) is 11.8. The Kier molecular flexibility index (Phi) is 13.0. The number of amides is 2. The van der Waals surface area contributed by atoms with E-state index in [0.717, 1.165) is 21.1 Å². The summed E-state index contributed by atoms with van der Waals surface area (Å²) >= 11 is 1.51. The number of aryl methyl sites for hydroxylation is 2. The largest absolute Gasteiger partial charge is 0.381 e. The van der Waals surface area contributed by atoms with Crippen molar-refractivity contribution in [3.05, 3.63) is 234 Å². The van der Waals surface area contributed by atoms with Crippen molar-refractivity contribution in [3.63, 3.8) is 0 Å². The maximum absolute atomic E-state index is 14.7. The molecule has 2 atom stereocenters. The highest BCUT2D eigenvalue weighted by Crippen LogP contribution is 2.28. The molecule has 4 aromatic carbocycles. The maximum atomic E-state index is 14.7. The number of nitrogen functional groups attached to an aromatic ring is 2. The van der Waals surface area contributed by atoms with Crippen molar-refractivity contribution < 1.29 is 9.59 Å². The number of anilines is 2. The Morgan fingerprint density at radius 3 is 1.77 bits per heavy atom. The number of fused-ring (bicyclic) bond motifs is 4. The van der Waals surface area contributed by atoms with Crippen LogP contribution in [0.25, 0.3) is 44.2 Å². The lowest BCUT2D eigenvalue weighted by atomic mass is 10.0. The van der Waals surface area contributed by atoms with Crippen LogP contribution < -0.4 is 33.2 Å². The zero-order valence-electron chi connectivity index (χ0n) is 43.9. The molecule has 0 aliphatic carbocycles. The Morgan fingerprint density at radius 2 is 1.20 bits per heavy atom. The molecule has 8 heterocycles. The van der Waals surface area contributed by atoms with Gasteiger partial charge in [0.05, 0.1) is 46.4 Å². The number of benzene rings is 4. The van der Waals surface area contributed by atoms with Crippen LogP contribution in [0.4, 0.5) is 11.6 Å². The van der Waals surface area contributed by atoms with E-state index in [0.29, 0.717) is 73.3 Å². The molecule has 0 fully saturated rings. The smallest absolute Gasteiger partial charge is 0.264 e. The zero-order chi connectivity index (χ0) is 56.1. The van der Waals surface area contributed by atoms with Gasteiger partial charge in [0.15, 0.2) is 22.9 Å². The highest BCUT2D eigenvalue weighted by atomic mass is 32.1. The van der Waals surface area contributed by atoms with Crippen molar-refractivity contribution in [1.82, 2.24) is 63.5 Å². The Balaban J connectivity index is 0.788. The molecule has 19 nitrogen and oxygen atoms in total. The van der Waals surface area contributed by atoms with E-state index in [4.69, 9.17) is 11.5 Å². The van der Waals surface area contributed by atoms with Gasteiger partial charge in [0.2, 0.25) is 0 Å². The molecule has 12 aromatic rings. The summed E-state index contributed by atoms with van der Waals surface area (Å²) in [7, 11) is 0. The van der Waals surface area contributed by atoms with Crippen molar-refractivity contribution in [3.8, 4) is 35.1 Å². The Bertz CT molecular complexity index is 4780. The summed E-state index contributed by atoms with van der Waals surface area (Å²) in [4.78, 5) is 76.2. The lowest BCUT2D eigenvalue weighted by Crippen LogP contribution is -2.32. The second-order valence-corrected chi connectivity index (χ2v) is 20.4. The molecule has 81 heavy (non-hydrogen) atoms. The molecule has 0 spiro atoms. The number of carbonyl (C=O) groups is 2. The predicted molar refractivity (Wildman–Crippen MR) is 311 cm³/mol. The van der Waals surface area contributed by atoms with E-state index in [9.17, 15) is 19.2 Å². The molecule has 0 saturated heterocycles. The van der Waals surface area contributed by atoms with Crippen LogP contribution in [0.1, 0.15) is 96.0 Å². The SMILES string of the molecule is Cc1nc(C)c(C#Cc2cccc3cc([C@H](C)NC(=O)c4c(N)nn5cc(Cn6cnc(C#Cc7cccc8cc([C@H](C)NC(=O)c9c(N)nn%10cccnc9%10)n(-c9ccccc9)c(=O)c78)c6)cnc45)n(-c4ccccc4)c(=O)c23)s1. The first-order valence-corrected chi connectivity index (χ1v) is 26.4. The Hall–Kier alpha value is -11.0. The van der Waals surface area contributed by atoms with Crippen molar-refractivity contribution in [2.75, 3.05) is 11.5 Å². The van der Waals surface area contributed by atoms with Gasteiger partial charge in [-0.05, 0) is 105 Å². The minimum Gasteiger partial charge on any atom is -0.381 e. The third-order valence-electron chi connectivity index (χ3n) is 13.7. The average molecular weight is 1090 g/mol. The molecule has 20 heteroatoms. The van der Waals surface area contributed by atoms with Crippen molar-refractivity contribution in [2.24, 2.45) is 0 Å². The van der Waals surface area contributed by atoms with Crippen LogP contribution >= 0.6 is 11.3 Å². The highest BCUT2D eigenvalue weighted by molar-refractivity contribution is 7.12. The fraction of sp³-hybridized carbons (Fsp3) is 0.115. The lowest BCUT2D eigenvalue weighted by molar-refractivity contribution is 0.0932. The summed E-state index contributed by atoms with van der Waals surface area (Å²) in [6.45, 7) is 7.77. The number of imidazole rings is 1. The van der Waals surface area contributed by atoms with Gasteiger partial charge in [-0.2, -0.15) is 0 Å². The third-order valence-corrected chi connectivity index (χ3v) is 14.7. The number of nitrogens with one attached hydrogen (secondary N) is 2. The van der Waals surface area contributed by atoms with Crippen LogP contribution in [-0.4, -0.2) is 64.7 Å². The third kappa shape index (κ3) is 9.57. The molecule has 0 bridgehead atoms. The highest BCUT2D eigenvalue weighted by Gasteiger charge is 2.26. The monoisotopic (exact) mass is 1090 g/mol. The molecule has 6 N–H and O–H groups in total. The molecule has 396 valence electrons. The number of hydrogen-bond acceptors (Lipinski definition) is 13. The van der Waals surface area contributed by atoms with Crippen molar-refractivity contribution in [2.45, 2.75) is 46.3 Å². The number of para-hydroxylation sites is 2. The molecule has 0 unspecified atom stereocenters. The van der Waals surface area contributed by atoms with Gasteiger partial charge in [-0.25, -0.2) is 29.0 Å². The van der Waals surface area contributed by atoms with Gasteiger partial charge in [0.1, 0.15) is 21.7 Å². The van der Waals surface area contributed by atoms with E-state index in [1.807, 2.05) is 122 Å². The number of aromatic nitrogens is 11. The number of carbonyl (C=O) groups excluding carboxylic acids is 2. The predicted octanol–water partition coefficient (Wildman–Crippen LogP) is 7.64. The van der Waals surface area contributed by atoms with E-state index in [1.54, 1.807) is 72.4 Å². The first-order chi connectivity index (χ1) is 39.3. The number of nitrogens with zero attached hydrogens (tertiary/aromatic N) is 11. The van der Waals surface area contributed by atoms with E-state index < -0.39 is 23.9 Å². The van der Waals surface area contributed by atoms with Crippen LogP contribution in [0.3, 0.4) is 0 Å². The fourth-order valence-electron chi connectivity index (χ4n) is 10.0. The molecular weight excluding hydrogens is 1040 g/mol. The molecule has 0 aliphatic heterocycles. The summed E-state index contributed by atoms with van der Waals surface area (Å²) in [5, 5.41) is 17.8. The quantitative estimate of drug-likeness (QED) is 0.0966. The molecular formula is C61H47N15O4S. The second-order valence-electron chi connectivity index (χ2n) is 19.2. The number of hydrogen-bond donors (Lipinski definition) is 4. The summed E-state index contributed by atoms with van der Waals surface area (Å²) < 4.78 is 7.92. The van der Waals surface area contributed by atoms with Gasteiger partial charge < -0.3 is 26.7 Å². The Morgan fingerprint density at radius 1 is 0.642 bits per heavy atom. The van der Waals surface area contributed by atoms with Gasteiger partial charge in [-0.3, -0.25) is 28.3 Å². The van der Waals surface area contributed by atoms with Crippen LogP contribution in [0.2, 0.25) is 0 Å². The topological polar surface area (TPSA) is 245 Å². The molecule has 0 saturated carbocycles. The molecule has 8 aromatic heterocycles. The summed E-state index contributed by atoms with van der Waals surface area (Å²) in [6.07, 6.45) is 9.99. The number of thiazole rings is 1. The van der Waals surface area contributed by atoms with Crippen LogP contribution in [0.15, 0.2) is 162 Å². The van der Waals surface area contributed by atoms with Gasteiger partial charge in [-0.15, -0.1) is 21.5 Å². The van der Waals surface area contributed by atoms with Gasteiger partial charge in [0.25, 0.3) is 22.9 Å². The molecule has 2 amide bonds. The van der Waals surface area contributed by atoms with E-state index >= 15 is 0 Å². The van der Waals surface area contributed by atoms with Crippen molar-refractivity contribution in [1.29, 1.82) is 0 Å². The van der Waals surface area contributed by atoms with Crippen LogP contribution in [0, 0.1) is 37.5 Å². The van der Waals surface area contributed by atoms with E-state index in [-0.39, 0.29) is 39.5 Å². The van der Waals surface area contributed by atoms with Gasteiger partial charge in [-0.1, -0.05) is 72.5 Å². The van der Waals surface area contributed by atoms with Gasteiger partial charge >= 0.3 is 0 Å². The summed E-state index contributed by atoms with van der Waals surface area (Å²) in [6, 6.07) is 33.5. The fourth-order valence-corrected chi connectivity index (χ4v) is 10.8. The molecule has 12 rings (SSSR count).